The predicted octanol–water partition coefficient (Wildman–Crippen LogP) is 2.58. The molecule has 1 aromatic carbocycles. The second kappa shape index (κ2) is 7.78. The van der Waals surface area contributed by atoms with Crippen LogP contribution in [0.25, 0.3) is 0 Å². The molecule has 1 aliphatic rings. The summed E-state index contributed by atoms with van der Waals surface area (Å²) in [4.78, 5) is 2.43. The van der Waals surface area contributed by atoms with Crippen molar-refractivity contribution in [3.8, 4) is 5.75 Å². The third-order valence-corrected chi connectivity index (χ3v) is 3.76. The van der Waals surface area contributed by atoms with E-state index in [1.807, 2.05) is 38.1 Å². The lowest BCUT2D eigenvalue weighted by molar-refractivity contribution is -0.0412. The molecule has 0 aliphatic carbocycles. The van der Waals surface area contributed by atoms with Crippen LogP contribution in [-0.4, -0.2) is 43.3 Å². The van der Waals surface area contributed by atoms with E-state index in [1.165, 1.54) is 0 Å². The molecule has 1 aliphatic heterocycles. The van der Waals surface area contributed by atoms with Gasteiger partial charge in [0, 0.05) is 18.7 Å². The maximum absolute atomic E-state index is 6.47. The van der Waals surface area contributed by atoms with Gasteiger partial charge < -0.3 is 15.2 Å². The van der Waals surface area contributed by atoms with Gasteiger partial charge in [-0.2, -0.15) is 0 Å². The standard InChI is InChI=1S/C17H28N2O2/c1-4-9-19-10-11-20-16(12-19)17(18)14-7-5-6-8-15(14)21-13(2)3/h5-8,13,16-17H,4,9-12,18H2,1-3H3. The van der Waals surface area contributed by atoms with Crippen molar-refractivity contribution in [1.82, 2.24) is 4.90 Å². The van der Waals surface area contributed by atoms with E-state index in [1.54, 1.807) is 0 Å². The number of nitrogens with zero attached hydrogens (tertiary/aromatic N) is 1. The topological polar surface area (TPSA) is 47.7 Å². The fourth-order valence-electron chi connectivity index (χ4n) is 2.79. The molecule has 118 valence electrons. The Hall–Kier alpha value is -1.10. The highest BCUT2D eigenvalue weighted by Crippen LogP contribution is 2.29. The third kappa shape index (κ3) is 4.43. The lowest BCUT2D eigenvalue weighted by atomic mass is 9.99. The van der Waals surface area contributed by atoms with Gasteiger partial charge in [0.05, 0.1) is 24.9 Å². The van der Waals surface area contributed by atoms with Crippen LogP contribution in [0.1, 0.15) is 38.8 Å². The van der Waals surface area contributed by atoms with Crippen molar-refractivity contribution in [2.45, 2.75) is 45.4 Å². The lowest BCUT2D eigenvalue weighted by Crippen LogP contribution is -2.47. The molecule has 2 N–H and O–H groups in total. The Morgan fingerprint density at radius 2 is 2.14 bits per heavy atom. The van der Waals surface area contributed by atoms with Gasteiger partial charge >= 0.3 is 0 Å². The summed E-state index contributed by atoms with van der Waals surface area (Å²) in [6, 6.07) is 7.88. The Balaban J connectivity index is 2.10. The maximum atomic E-state index is 6.47. The van der Waals surface area contributed by atoms with Crippen LogP contribution in [0.4, 0.5) is 0 Å². The molecule has 21 heavy (non-hydrogen) atoms. The molecule has 2 unspecified atom stereocenters. The van der Waals surface area contributed by atoms with E-state index >= 15 is 0 Å². The molecular weight excluding hydrogens is 264 g/mol. The molecule has 0 aromatic heterocycles. The zero-order chi connectivity index (χ0) is 15.2. The zero-order valence-corrected chi connectivity index (χ0v) is 13.4. The molecule has 1 saturated heterocycles. The van der Waals surface area contributed by atoms with E-state index < -0.39 is 0 Å². The van der Waals surface area contributed by atoms with Crippen LogP contribution in [0.3, 0.4) is 0 Å². The summed E-state index contributed by atoms with van der Waals surface area (Å²) >= 11 is 0. The molecule has 0 spiro atoms. The summed E-state index contributed by atoms with van der Waals surface area (Å²) in [6.45, 7) is 10.0. The number of hydrogen-bond donors (Lipinski definition) is 1. The number of rotatable bonds is 6. The SMILES string of the molecule is CCCN1CCOC(C(N)c2ccccc2OC(C)C)C1. The molecule has 0 amide bonds. The molecule has 0 bridgehead atoms. The Labute approximate surface area is 128 Å². The van der Waals surface area contributed by atoms with Gasteiger partial charge in [-0.25, -0.2) is 0 Å². The molecule has 4 nitrogen and oxygen atoms in total. The minimum Gasteiger partial charge on any atom is -0.491 e. The van der Waals surface area contributed by atoms with Gasteiger partial charge in [-0.15, -0.1) is 0 Å². The molecule has 4 heteroatoms. The van der Waals surface area contributed by atoms with Crippen molar-refractivity contribution in [3.05, 3.63) is 29.8 Å². The first kappa shape index (κ1) is 16.3. The molecular formula is C17H28N2O2. The van der Waals surface area contributed by atoms with Crippen molar-refractivity contribution in [1.29, 1.82) is 0 Å². The first-order valence-electron chi connectivity index (χ1n) is 7.97. The minimum atomic E-state index is -0.153. The second-order valence-electron chi connectivity index (χ2n) is 5.94. The predicted molar refractivity (Wildman–Crippen MR) is 85.6 cm³/mol. The fourth-order valence-corrected chi connectivity index (χ4v) is 2.79. The number of hydrogen-bond acceptors (Lipinski definition) is 4. The summed E-state index contributed by atoms with van der Waals surface area (Å²) in [5, 5.41) is 0. The number of morpholine rings is 1. The van der Waals surface area contributed by atoms with Gasteiger partial charge in [0.15, 0.2) is 0 Å². The molecule has 1 fully saturated rings. The van der Waals surface area contributed by atoms with Crippen molar-refractivity contribution in [2.24, 2.45) is 5.73 Å². The van der Waals surface area contributed by atoms with Gasteiger partial charge in [-0.3, -0.25) is 4.90 Å². The molecule has 1 heterocycles. The van der Waals surface area contributed by atoms with Crippen molar-refractivity contribution in [3.63, 3.8) is 0 Å². The van der Waals surface area contributed by atoms with E-state index in [0.29, 0.717) is 0 Å². The average Bonchev–Trinajstić information content (AvgIpc) is 2.47. The summed E-state index contributed by atoms with van der Waals surface area (Å²) in [6.07, 6.45) is 1.33. The largest absolute Gasteiger partial charge is 0.491 e. The van der Waals surface area contributed by atoms with Crippen LogP contribution in [0, 0.1) is 0 Å². The van der Waals surface area contributed by atoms with Crippen LogP contribution in [0.15, 0.2) is 24.3 Å². The quantitative estimate of drug-likeness (QED) is 0.875. The molecule has 0 radical (unpaired) electrons. The highest BCUT2D eigenvalue weighted by Gasteiger charge is 2.28. The van der Waals surface area contributed by atoms with E-state index in [0.717, 1.165) is 44.0 Å². The summed E-state index contributed by atoms with van der Waals surface area (Å²) in [5.41, 5.74) is 7.51. The molecule has 1 aromatic rings. The Morgan fingerprint density at radius 3 is 2.86 bits per heavy atom. The van der Waals surface area contributed by atoms with Crippen molar-refractivity contribution in [2.75, 3.05) is 26.2 Å². The Morgan fingerprint density at radius 1 is 1.38 bits per heavy atom. The van der Waals surface area contributed by atoms with Crippen LogP contribution in [0.5, 0.6) is 5.75 Å². The van der Waals surface area contributed by atoms with Gasteiger partial charge in [0.25, 0.3) is 0 Å². The smallest absolute Gasteiger partial charge is 0.124 e. The van der Waals surface area contributed by atoms with Crippen LogP contribution < -0.4 is 10.5 Å². The Kier molecular flexibility index (Phi) is 6.03. The van der Waals surface area contributed by atoms with Crippen LogP contribution >= 0.6 is 0 Å². The molecule has 2 rings (SSSR count). The van der Waals surface area contributed by atoms with E-state index in [-0.39, 0.29) is 18.2 Å². The number of ether oxygens (including phenoxy) is 2. The van der Waals surface area contributed by atoms with E-state index in [4.69, 9.17) is 15.2 Å². The summed E-state index contributed by atoms with van der Waals surface area (Å²) in [7, 11) is 0. The first-order chi connectivity index (χ1) is 10.1. The van der Waals surface area contributed by atoms with Gasteiger partial charge in [0.1, 0.15) is 5.75 Å². The van der Waals surface area contributed by atoms with Crippen LogP contribution in [-0.2, 0) is 4.74 Å². The van der Waals surface area contributed by atoms with Gasteiger partial charge in [-0.1, -0.05) is 25.1 Å². The van der Waals surface area contributed by atoms with E-state index in [2.05, 4.69) is 11.8 Å². The summed E-state index contributed by atoms with van der Waals surface area (Å²) < 4.78 is 11.8. The number of benzene rings is 1. The Bertz CT molecular complexity index is 435. The monoisotopic (exact) mass is 292 g/mol. The first-order valence-corrected chi connectivity index (χ1v) is 7.97. The van der Waals surface area contributed by atoms with Crippen molar-refractivity contribution < 1.29 is 9.47 Å². The van der Waals surface area contributed by atoms with Crippen molar-refractivity contribution >= 4 is 0 Å². The molecule has 0 saturated carbocycles. The van der Waals surface area contributed by atoms with Gasteiger partial charge in [0.2, 0.25) is 0 Å². The minimum absolute atomic E-state index is 0.0298. The fraction of sp³-hybridized carbons (Fsp3) is 0.647. The molecule has 2 atom stereocenters. The van der Waals surface area contributed by atoms with E-state index in [9.17, 15) is 0 Å². The van der Waals surface area contributed by atoms with Gasteiger partial charge in [-0.05, 0) is 32.9 Å². The highest BCUT2D eigenvalue weighted by atomic mass is 16.5. The maximum Gasteiger partial charge on any atom is 0.124 e. The zero-order valence-electron chi connectivity index (χ0n) is 13.4. The number of para-hydroxylation sites is 1. The second-order valence-corrected chi connectivity index (χ2v) is 5.94. The normalized spacial score (nSPS) is 21.5. The highest BCUT2D eigenvalue weighted by molar-refractivity contribution is 5.36. The third-order valence-electron chi connectivity index (χ3n) is 3.76. The lowest BCUT2D eigenvalue weighted by Gasteiger charge is -2.36. The average molecular weight is 292 g/mol. The number of nitrogens with two attached hydrogens (primary N) is 1. The summed E-state index contributed by atoms with van der Waals surface area (Å²) in [5.74, 6) is 0.871. The van der Waals surface area contributed by atoms with Crippen LogP contribution in [0.2, 0.25) is 0 Å².